The van der Waals surface area contributed by atoms with E-state index in [2.05, 4.69) is 5.92 Å². The summed E-state index contributed by atoms with van der Waals surface area (Å²) in [6, 6.07) is 0. The van der Waals surface area contributed by atoms with Gasteiger partial charge in [-0.15, -0.1) is 6.42 Å². The summed E-state index contributed by atoms with van der Waals surface area (Å²) in [7, 11) is 1.57. The number of hydrogen-bond acceptors (Lipinski definition) is 2. The largest absolute Gasteiger partial charge is 0.356 e. The molecule has 0 aromatic heterocycles. The van der Waals surface area contributed by atoms with Gasteiger partial charge < -0.3 is 9.47 Å². The van der Waals surface area contributed by atoms with Crippen LogP contribution in [-0.2, 0) is 9.47 Å². The van der Waals surface area contributed by atoms with E-state index in [0.29, 0.717) is 6.61 Å². The van der Waals surface area contributed by atoms with Crippen LogP contribution in [0.15, 0.2) is 0 Å². The Labute approximate surface area is 49.8 Å². The van der Waals surface area contributed by atoms with Crippen LogP contribution in [0.1, 0.15) is 6.92 Å². The molecule has 0 heterocycles. The lowest BCUT2D eigenvalue weighted by Crippen LogP contribution is -2.09. The minimum absolute atomic E-state index is 0.189. The minimum Gasteiger partial charge on any atom is -0.356 e. The van der Waals surface area contributed by atoms with Gasteiger partial charge in [0.1, 0.15) is 6.61 Å². The molecule has 0 rings (SSSR count). The van der Waals surface area contributed by atoms with Crippen LogP contribution in [0.2, 0.25) is 0 Å². The van der Waals surface area contributed by atoms with Crippen LogP contribution in [0.4, 0.5) is 0 Å². The summed E-state index contributed by atoms with van der Waals surface area (Å²) in [6.45, 7) is 2.10. The van der Waals surface area contributed by atoms with Gasteiger partial charge in [0.15, 0.2) is 6.29 Å². The molecule has 2 heteroatoms. The topological polar surface area (TPSA) is 18.5 Å². The highest BCUT2D eigenvalue weighted by Gasteiger charge is 1.93. The lowest BCUT2D eigenvalue weighted by molar-refractivity contribution is -0.0994. The fraction of sp³-hybridized carbons (Fsp3) is 0.667. The zero-order valence-electron chi connectivity index (χ0n) is 5.18. The van der Waals surface area contributed by atoms with Gasteiger partial charge in [0.2, 0.25) is 0 Å². The predicted octanol–water partition coefficient (Wildman–Crippen LogP) is 0.629. The van der Waals surface area contributed by atoms with E-state index in [1.165, 1.54) is 0 Å². The van der Waals surface area contributed by atoms with Crippen LogP contribution in [0.5, 0.6) is 0 Å². The molecule has 0 radical (unpaired) electrons. The number of rotatable bonds is 3. The second kappa shape index (κ2) is 4.63. The molecule has 0 amide bonds. The number of terminal acetylenes is 1. The van der Waals surface area contributed by atoms with Gasteiger partial charge in [-0.1, -0.05) is 5.92 Å². The summed E-state index contributed by atoms with van der Waals surface area (Å²) in [6.07, 6.45) is 4.71. The van der Waals surface area contributed by atoms with E-state index < -0.39 is 0 Å². The fourth-order valence-electron chi connectivity index (χ4n) is 0.234. The van der Waals surface area contributed by atoms with Crippen molar-refractivity contribution in [1.82, 2.24) is 0 Å². The Morgan fingerprint density at radius 1 is 1.75 bits per heavy atom. The van der Waals surface area contributed by atoms with Gasteiger partial charge in [-0.25, -0.2) is 0 Å². The molecule has 8 heavy (non-hydrogen) atoms. The Morgan fingerprint density at radius 2 is 2.38 bits per heavy atom. The molecule has 0 aromatic carbocycles. The second-order valence-electron chi connectivity index (χ2n) is 1.32. The average Bonchev–Trinajstić information content (AvgIpc) is 1.83. The van der Waals surface area contributed by atoms with E-state index in [9.17, 15) is 0 Å². The zero-order valence-corrected chi connectivity index (χ0v) is 5.18. The summed E-state index contributed by atoms with van der Waals surface area (Å²) in [5.41, 5.74) is 0. The van der Waals surface area contributed by atoms with Crippen LogP contribution < -0.4 is 0 Å². The van der Waals surface area contributed by atoms with Crippen LogP contribution >= 0.6 is 0 Å². The molecule has 0 saturated carbocycles. The summed E-state index contributed by atoms with van der Waals surface area (Å²) in [4.78, 5) is 0. The van der Waals surface area contributed by atoms with Crippen molar-refractivity contribution < 1.29 is 9.47 Å². The number of methoxy groups -OCH3 is 1. The Kier molecular flexibility index (Phi) is 4.33. The summed E-state index contributed by atoms with van der Waals surface area (Å²) < 4.78 is 9.62. The van der Waals surface area contributed by atoms with Gasteiger partial charge in [0.05, 0.1) is 0 Å². The van der Waals surface area contributed by atoms with Gasteiger partial charge in [0.25, 0.3) is 0 Å². The van der Waals surface area contributed by atoms with Crippen molar-refractivity contribution in [2.45, 2.75) is 13.2 Å². The summed E-state index contributed by atoms with van der Waals surface area (Å²) in [5, 5.41) is 0. The van der Waals surface area contributed by atoms with Gasteiger partial charge in [-0.3, -0.25) is 0 Å². The minimum atomic E-state index is -0.189. The number of hydrogen-bond donors (Lipinski definition) is 0. The maximum absolute atomic E-state index is 4.90. The van der Waals surface area contributed by atoms with E-state index in [1.54, 1.807) is 14.0 Å². The third-order valence-corrected chi connectivity index (χ3v) is 0.733. The monoisotopic (exact) mass is 114 g/mol. The van der Waals surface area contributed by atoms with Crippen LogP contribution in [0.3, 0.4) is 0 Å². The molecule has 0 aliphatic rings. The van der Waals surface area contributed by atoms with Gasteiger partial charge in [-0.2, -0.15) is 0 Å². The first-order chi connectivity index (χ1) is 3.81. The molecule has 0 bridgehead atoms. The molecule has 46 valence electrons. The van der Waals surface area contributed by atoms with Crippen molar-refractivity contribution in [3.05, 3.63) is 0 Å². The average molecular weight is 114 g/mol. The first kappa shape index (κ1) is 7.48. The SMILES string of the molecule is C#CCOC(C)OC. The molecule has 0 spiro atoms. The maximum Gasteiger partial charge on any atom is 0.155 e. The van der Waals surface area contributed by atoms with E-state index in [4.69, 9.17) is 15.9 Å². The van der Waals surface area contributed by atoms with E-state index in [-0.39, 0.29) is 6.29 Å². The van der Waals surface area contributed by atoms with Crippen molar-refractivity contribution in [1.29, 1.82) is 0 Å². The Bertz CT molecular complexity index is 83.0. The number of ether oxygens (including phenoxy) is 2. The van der Waals surface area contributed by atoms with Crippen LogP contribution in [0, 0.1) is 12.3 Å². The highest BCUT2D eigenvalue weighted by Crippen LogP contribution is 1.87. The molecule has 0 aliphatic carbocycles. The highest BCUT2D eigenvalue weighted by molar-refractivity contribution is 4.82. The van der Waals surface area contributed by atoms with Gasteiger partial charge in [0, 0.05) is 7.11 Å². The quantitative estimate of drug-likeness (QED) is 0.395. The van der Waals surface area contributed by atoms with E-state index >= 15 is 0 Å². The van der Waals surface area contributed by atoms with E-state index in [1.807, 2.05) is 0 Å². The molecule has 2 nitrogen and oxygen atoms in total. The standard InChI is InChI=1S/C6H10O2/c1-4-5-8-6(2)7-3/h1,6H,5H2,2-3H3. The van der Waals surface area contributed by atoms with Crippen molar-refractivity contribution >= 4 is 0 Å². The Morgan fingerprint density at radius 3 is 2.75 bits per heavy atom. The first-order valence-corrected chi connectivity index (χ1v) is 2.39. The molecule has 1 atom stereocenters. The van der Waals surface area contributed by atoms with Crippen molar-refractivity contribution in [3.8, 4) is 12.3 Å². The smallest absolute Gasteiger partial charge is 0.155 e. The van der Waals surface area contributed by atoms with Gasteiger partial charge in [-0.05, 0) is 6.92 Å². The molecule has 0 aliphatic heterocycles. The van der Waals surface area contributed by atoms with Crippen molar-refractivity contribution in [2.75, 3.05) is 13.7 Å². The summed E-state index contributed by atoms with van der Waals surface area (Å²) >= 11 is 0. The molecule has 1 unspecified atom stereocenters. The van der Waals surface area contributed by atoms with Crippen molar-refractivity contribution in [3.63, 3.8) is 0 Å². The predicted molar refractivity (Wildman–Crippen MR) is 31.3 cm³/mol. The van der Waals surface area contributed by atoms with E-state index in [0.717, 1.165) is 0 Å². The molecule has 0 aromatic rings. The molecular formula is C6H10O2. The third-order valence-electron chi connectivity index (χ3n) is 0.733. The second-order valence-corrected chi connectivity index (χ2v) is 1.32. The summed E-state index contributed by atoms with van der Waals surface area (Å²) in [5.74, 6) is 2.33. The van der Waals surface area contributed by atoms with Crippen molar-refractivity contribution in [2.24, 2.45) is 0 Å². The van der Waals surface area contributed by atoms with Gasteiger partial charge >= 0.3 is 0 Å². The third kappa shape index (κ3) is 3.66. The highest BCUT2D eigenvalue weighted by atomic mass is 16.7. The molecule has 0 saturated heterocycles. The fourth-order valence-corrected chi connectivity index (χ4v) is 0.234. The Balaban J connectivity index is 3.01. The maximum atomic E-state index is 4.90. The lowest BCUT2D eigenvalue weighted by Gasteiger charge is -2.06. The zero-order chi connectivity index (χ0) is 6.41. The first-order valence-electron chi connectivity index (χ1n) is 2.39. The molecule has 0 fully saturated rings. The van der Waals surface area contributed by atoms with Crippen LogP contribution in [0.25, 0.3) is 0 Å². The molecule has 0 N–H and O–H groups in total. The lowest BCUT2D eigenvalue weighted by atomic mass is 10.7. The Hall–Kier alpha value is -0.520. The molecular weight excluding hydrogens is 104 g/mol. The van der Waals surface area contributed by atoms with Crippen LogP contribution in [-0.4, -0.2) is 20.0 Å². The normalized spacial score (nSPS) is 12.6.